The maximum absolute atomic E-state index is 12.8. The highest BCUT2D eigenvalue weighted by molar-refractivity contribution is 7.54. The van der Waals surface area contributed by atoms with E-state index in [1.54, 1.807) is 0 Å². The van der Waals surface area contributed by atoms with Gasteiger partial charge in [0.2, 0.25) is 0 Å². The highest BCUT2D eigenvalue weighted by Crippen LogP contribution is 2.52. The number of benzene rings is 1. The monoisotopic (exact) mass is 324 g/mol. The van der Waals surface area contributed by atoms with Gasteiger partial charge in [0.25, 0.3) is 0 Å². The number of hydrogen-bond donors (Lipinski definition) is 1. The molecule has 0 spiro atoms. The topological polar surface area (TPSA) is 55.6 Å². The first kappa shape index (κ1) is 17.5. The molecule has 1 aliphatic rings. The third kappa shape index (κ3) is 3.56. The molecule has 1 aromatic carbocycles. The summed E-state index contributed by atoms with van der Waals surface area (Å²) >= 11 is 0. The van der Waals surface area contributed by atoms with Gasteiger partial charge in [0.15, 0.2) is 0 Å². The lowest BCUT2D eigenvalue weighted by Gasteiger charge is -2.39. The third-order valence-corrected chi connectivity index (χ3v) is 6.00. The van der Waals surface area contributed by atoms with E-state index in [0.29, 0.717) is 12.3 Å². The second-order valence-corrected chi connectivity index (χ2v) is 9.00. The molecule has 0 saturated heterocycles. The van der Waals surface area contributed by atoms with Gasteiger partial charge in [-0.05, 0) is 29.9 Å². The van der Waals surface area contributed by atoms with Gasteiger partial charge in [-0.3, -0.25) is 0 Å². The second kappa shape index (κ2) is 6.35. The molecule has 1 aromatic rings. The van der Waals surface area contributed by atoms with E-state index in [0.717, 1.165) is 24.8 Å². The average molecular weight is 324 g/mol. The molecule has 0 saturated carbocycles. The van der Waals surface area contributed by atoms with E-state index in [1.807, 2.05) is 16.8 Å². The fraction of sp³-hybridized carbons (Fsp3) is 0.647. The molecule has 1 aliphatic heterocycles. The lowest BCUT2D eigenvalue weighted by atomic mass is 9.86. The van der Waals surface area contributed by atoms with Crippen LogP contribution in [-0.4, -0.2) is 10.7 Å². The molecule has 2 N–H and O–H groups in total. The molecule has 4 nitrogen and oxygen atoms in total. The summed E-state index contributed by atoms with van der Waals surface area (Å²) in [7, 11) is -3.25. The van der Waals surface area contributed by atoms with E-state index in [9.17, 15) is 4.57 Å². The lowest BCUT2D eigenvalue weighted by molar-refractivity contribution is 0.241. The number of hydrogen-bond acceptors (Lipinski definition) is 2. The molecule has 124 valence electrons. The summed E-state index contributed by atoms with van der Waals surface area (Å²) in [5.74, 6) is 0.668. The van der Waals surface area contributed by atoms with Crippen LogP contribution in [0.25, 0.3) is 0 Å². The normalized spacial score (nSPS) is 23.7. The highest BCUT2D eigenvalue weighted by Gasteiger charge is 2.38. The summed E-state index contributed by atoms with van der Waals surface area (Å²) in [5, 5.41) is 0. The minimum atomic E-state index is -3.25. The summed E-state index contributed by atoms with van der Waals surface area (Å²) < 4.78 is 20.3. The van der Waals surface area contributed by atoms with Crippen LogP contribution in [-0.2, 0) is 16.5 Å². The van der Waals surface area contributed by atoms with Crippen molar-refractivity contribution in [2.75, 3.05) is 0 Å². The Kier molecular flexibility index (Phi) is 5.06. The Morgan fingerprint density at radius 1 is 1.36 bits per heavy atom. The van der Waals surface area contributed by atoms with Crippen molar-refractivity contribution >= 4 is 7.67 Å². The minimum absolute atomic E-state index is 0.0806. The largest absolute Gasteiger partial charge is 0.422 e. The van der Waals surface area contributed by atoms with E-state index in [4.69, 9.17) is 10.0 Å². The van der Waals surface area contributed by atoms with Gasteiger partial charge in [-0.1, -0.05) is 53.2 Å². The zero-order valence-corrected chi connectivity index (χ0v) is 15.3. The second-order valence-electron chi connectivity index (χ2n) is 7.18. The molecule has 2 unspecified atom stereocenters. The Hall–Kier alpha value is -0.830. The summed E-state index contributed by atoms with van der Waals surface area (Å²) in [6.07, 6.45) is 2.95. The molecule has 0 radical (unpaired) electrons. The zero-order valence-electron chi connectivity index (χ0n) is 14.4. The molecule has 2 rings (SSSR count). The van der Waals surface area contributed by atoms with Gasteiger partial charge < -0.3 is 4.52 Å². The standard InChI is InChI=1S/C17H29N2O2P/c1-6-8-15(7-2)19-12-13-11-14(17(3,4)5)9-10-16(13)21-22(19,18)20/h9-11,15H,6-8,12H2,1-5H3,(H2,18,20). The van der Waals surface area contributed by atoms with Crippen molar-refractivity contribution in [2.24, 2.45) is 5.50 Å². The number of fused-ring (bicyclic) bond motifs is 1. The number of nitrogens with two attached hydrogens (primary N) is 1. The molecule has 22 heavy (non-hydrogen) atoms. The number of rotatable bonds is 4. The molecule has 0 aromatic heterocycles. The molecule has 0 amide bonds. The van der Waals surface area contributed by atoms with E-state index < -0.39 is 7.67 Å². The fourth-order valence-electron chi connectivity index (χ4n) is 2.98. The van der Waals surface area contributed by atoms with Crippen LogP contribution in [0.5, 0.6) is 5.75 Å². The van der Waals surface area contributed by atoms with Crippen LogP contribution in [0.3, 0.4) is 0 Å². The van der Waals surface area contributed by atoms with Gasteiger partial charge in [0.05, 0.1) is 0 Å². The first-order valence-electron chi connectivity index (χ1n) is 8.17. The van der Waals surface area contributed by atoms with E-state index in [2.05, 4.69) is 40.7 Å². The molecule has 2 atom stereocenters. The van der Waals surface area contributed by atoms with Crippen LogP contribution in [0.15, 0.2) is 18.2 Å². The molecule has 1 heterocycles. The van der Waals surface area contributed by atoms with Gasteiger partial charge in [-0.25, -0.2) is 14.7 Å². The van der Waals surface area contributed by atoms with Gasteiger partial charge in [0.1, 0.15) is 5.75 Å². The predicted molar refractivity (Wildman–Crippen MR) is 92.1 cm³/mol. The molecule has 0 aliphatic carbocycles. The molecular formula is C17H29N2O2P. The zero-order chi connectivity index (χ0) is 16.5. The average Bonchev–Trinajstić information content (AvgIpc) is 2.42. The molecular weight excluding hydrogens is 295 g/mol. The molecule has 5 heteroatoms. The third-order valence-electron chi connectivity index (χ3n) is 4.36. The van der Waals surface area contributed by atoms with E-state index >= 15 is 0 Å². The van der Waals surface area contributed by atoms with Crippen LogP contribution >= 0.6 is 7.67 Å². The van der Waals surface area contributed by atoms with Crippen LogP contribution in [0, 0.1) is 0 Å². The summed E-state index contributed by atoms with van der Waals surface area (Å²) in [5.41, 5.74) is 8.45. The van der Waals surface area contributed by atoms with E-state index in [1.165, 1.54) is 5.56 Å². The van der Waals surface area contributed by atoms with Crippen LogP contribution in [0.2, 0.25) is 0 Å². The first-order chi connectivity index (χ1) is 10.2. The van der Waals surface area contributed by atoms with Crippen LogP contribution in [0.4, 0.5) is 0 Å². The Bertz CT molecular complexity index is 581. The maximum atomic E-state index is 12.8. The van der Waals surface area contributed by atoms with Crippen LogP contribution in [0.1, 0.15) is 65.0 Å². The summed E-state index contributed by atoms with van der Waals surface area (Å²) in [6.45, 7) is 11.4. The summed E-state index contributed by atoms with van der Waals surface area (Å²) in [4.78, 5) is 0. The van der Waals surface area contributed by atoms with Gasteiger partial charge in [-0.2, -0.15) is 0 Å². The van der Waals surface area contributed by atoms with Crippen molar-refractivity contribution in [2.45, 2.75) is 71.9 Å². The molecule has 0 bridgehead atoms. The van der Waals surface area contributed by atoms with Crippen molar-refractivity contribution < 1.29 is 9.09 Å². The quantitative estimate of drug-likeness (QED) is 0.806. The van der Waals surface area contributed by atoms with Gasteiger partial charge in [-0.15, -0.1) is 0 Å². The molecule has 0 fully saturated rings. The maximum Gasteiger partial charge on any atom is 0.391 e. The van der Waals surface area contributed by atoms with Crippen molar-refractivity contribution in [3.8, 4) is 5.75 Å². The highest BCUT2D eigenvalue weighted by atomic mass is 31.2. The van der Waals surface area contributed by atoms with Crippen molar-refractivity contribution in [1.29, 1.82) is 0 Å². The SMILES string of the molecule is CCCC(CC)N1Cc2cc(C(C)(C)C)ccc2OP1(N)=O. The lowest BCUT2D eigenvalue weighted by Crippen LogP contribution is -2.38. The summed E-state index contributed by atoms with van der Waals surface area (Å²) in [6, 6.07) is 6.32. The Morgan fingerprint density at radius 3 is 2.59 bits per heavy atom. The Labute approximate surface area is 134 Å². The van der Waals surface area contributed by atoms with Crippen molar-refractivity contribution in [1.82, 2.24) is 4.67 Å². The van der Waals surface area contributed by atoms with Crippen molar-refractivity contribution in [3.63, 3.8) is 0 Å². The Balaban J connectivity index is 2.38. The fourth-order valence-corrected chi connectivity index (χ4v) is 4.63. The Morgan fingerprint density at radius 2 is 2.05 bits per heavy atom. The van der Waals surface area contributed by atoms with Crippen molar-refractivity contribution in [3.05, 3.63) is 29.3 Å². The smallest absolute Gasteiger partial charge is 0.391 e. The predicted octanol–water partition coefficient (Wildman–Crippen LogP) is 4.82. The van der Waals surface area contributed by atoms with Crippen LogP contribution < -0.4 is 10.0 Å². The van der Waals surface area contributed by atoms with Gasteiger partial charge in [0, 0.05) is 18.2 Å². The number of nitrogens with zero attached hydrogens (tertiary/aromatic N) is 1. The first-order valence-corrected chi connectivity index (χ1v) is 9.82. The minimum Gasteiger partial charge on any atom is -0.422 e. The van der Waals surface area contributed by atoms with Gasteiger partial charge >= 0.3 is 7.67 Å². The van der Waals surface area contributed by atoms with E-state index in [-0.39, 0.29) is 11.5 Å².